The van der Waals surface area contributed by atoms with Crippen LogP contribution in [-0.4, -0.2) is 18.8 Å². The molecule has 2 rings (SSSR count). The molecular formula is C14H21NO2. The monoisotopic (exact) mass is 235 g/mol. The zero-order valence-electron chi connectivity index (χ0n) is 10.6. The first kappa shape index (κ1) is 12.2. The maximum Gasteiger partial charge on any atom is 0.161 e. The van der Waals surface area contributed by atoms with Crippen molar-refractivity contribution in [2.45, 2.75) is 38.8 Å². The summed E-state index contributed by atoms with van der Waals surface area (Å²) in [6, 6.07) is 7.78. The van der Waals surface area contributed by atoms with Crippen molar-refractivity contribution in [2.75, 3.05) is 6.61 Å². The average Bonchev–Trinajstić information content (AvgIpc) is 2.37. The molecule has 1 aromatic rings. The first-order valence-corrected chi connectivity index (χ1v) is 6.36. The molecule has 0 bridgehead atoms. The molecule has 2 N–H and O–H groups in total. The van der Waals surface area contributed by atoms with Gasteiger partial charge in [0, 0.05) is 6.04 Å². The molecule has 0 saturated heterocycles. The van der Waals surface area contributed by atoms with E-state index in [2.05, 4.69) is 13.8 Å². The molecule has 0 aliphatic carbocycles. The molecule has 1 heterocycles. The molecular weight excluding hydrogens is 214 g/mol. The van der Waals surface area contributed by atoms with Crippen molar-refractivity contribution < 1.29 is 9.47 Å². The second kappa shape index (κ2) is 5.41. The maximum absolute atomic E-state index is 6.23. The van der Waals surface area contributed by atoms with Gasteiger partial charge in [0.15, 0.2) is 11.5 Å². The van der Waals surface area contributed by atoms with Crippen LogP contribution in [0.4, 0.5) is 0 Å². The third-order valence-corrected chi connectivity index (χ3v) is 3.36. The molecule has 0 amide bonds. The van der Waals surface area contributed by atoms with Crippen LogP contribution < -0.4 is 15.2 Å². The molecule has 3 heteroatoms. The molecule has 3 nitrogen and oxygen atoms in total. The van der Waals surface area contributed by atoms with E-state index in [4.69, 9.17) is 15.2 Å². The summed E-state index contributed by atoms with van der Waals surface area (Å²) in [7, 11) is 0. The highest BCUT2D eigenvalue weighted by Crippen LogP contribution is 2.32. The lowest BCUT2D eigenvalue weighted by Gasteiger charge is -2.33. The van der Waals surface area contributed by atoms with Crippen LogP contribution in [0.25, 0.3) is 0 Å². The summed E-state index contributed by atoms with van der Waals surface area (Å²) in [5.74, 6) is 2.08. The highest BCUT2D eigenvalue weighted by Gasteiger charge is 2.29. The number of fused-ring (bicyclic) bond motifs is 1. The highest BCUT2D eigenvalue weighted by molar-refractivity contribution is 5.40. The number of ether oxygens (including phenoxy) is 2. The Bertz CT molecular complexity index is 367. The Hall–Kier alpha value is -1.22. The molecule has 0 fully saturated rings. The maximum atomic E-state index is 6.23. The van der Waals surface area contributed by atoms with Gasteiger partial charge in [0.1, 0.15) is 12.7 Å². The van der Waals surface area contributed by atoms with Gasteiger partial charge in [-0.3, -0.25) is 0 Å². The lowest BCUT2D eigenvalue weighted by atomic mass is 9.93. The van der Waals surface area contributed by atoms with E-state index >= 15 is 0 Å². The molecule has 1 aliphatic heterocycles. The number of rotatable bonds is 4. The third-order valence-electron chi connectivity index (χ3n) is 3.36. The van der Waals surface area contributed by atoms with Crippen molar-refractivity contribution in [3.05, 3.63) is 24.3 Å². The van der Waals surface area contributed by atoms with Crippen molar-refractivity contribution in [1.29, 1.82) is 0 Å². The van der Waals surface area contributed by atoms with Crippen LogP contribution in [0.2, 0.25) is 0 Å². The molecule has 1 aromatic carbocycles. The molecule has 0 saturated carbocycles. The standard InChI is InChI=1S/C14H21NO2/c1-3-6-10(2)14(15)13-9-16-11-7-4-5-8-12(11)17-13/h4-5,7-8,10,13-14H,3,6,9,15H2,1-2H3. The number of hydrogen-bond donors (Lipinski definition) is 1. The minimum atomic E-state index is -0.0357. The molecule has 0 radical (unpaired) electrons. The van der Waals surface area contributed by atoms with Crippen LogP contribution >= 0.6 is 0 Å². The Balaban J connectivity index is 2.02. The van der Waals surface area contributed by atoms with E-state index in [-0.39, 0.29) is 12.1 Å². The predicted molar refractivity (Wildman–Crippen MR) is 68.4 cm³/mol. The molecule has 94 valence electrons. The van der Waals surface area contributed by atoms with Crippen LogP contribution in [0.3, 0.4) is 0 Å². The number of hydrogen-bond acceptors (Lipinski definition) is 3. The van der Waals surface area contributed by atoms with E-state index in [1.807, 2.05) is 24.3 Å². The average molecular weight is 235 g/mol. The van der Waals surface area contributed by atoms with Gasteiger partial charge in [-0.2, -0.15) is 0 Å². The van der Waals surface area contributed by atoms with Crippen molar-refractivity contribution in [2.24, 2.45) is 11.7 Å². The SMILES string of the molecule is CCCC(C)C(N)C1COc2ccccc2O1. The molecule has 0 spiro atoms. The summed E-state index contributed by atoms with van der Waals surface area (Å²) in [5.41, 5.74) is 6.23. The van der Waals surface area contributed by atoms with Gasteiger partial charge in [0.2, 0.25) is 0 Å². The Morgan fingerprint density at radius 2 is 2.06 bits per heavy atom. The van der Waals surface area contributed by atoms with Gasteiger partial charge in [0.25, 0.3) is 0 Å². The molecule has 17 heavy (non-hydrogen) atoms. The van der Waals surface area contributed by atoms with E-state index in [0.717, 1.165) is 24.3 Å². The fourth-order valence-corrected chi connectivity index (χ4v) is 2.24. The van der Waals surface area contributed by atoms with Crippen molar-refractivity contribution in [3.63, 3.8) is 0 Å². The van der Waals surface area contributed by atoms with Gasteiger partial charge in [-0.1, -0.05) is 32.4 Å². The van der Waals surface area contributed by atoms with Crippen molar-refractivity contribution in [3.8, 4) is 11.5 Å². The fraction of sp³-hybridized carbons (Fsp3) is 0.571. The minimum absolute atomic E-state index is 0.0308. The fourth-order valence-electron chi connectivity index (χ4n) is 2.24. The van der Waals surface area contributed by atoms with Crippen LogP contribution in [0.1, 0.15) is 26.7 Å². The van der Waals surface area contributed by atoms with Gasteiger partial charge in [-0.05, 0) is 24.5 Å². The summed E-state index contributed by atoms with van der Waals surface area (Å²) in [6.07, 6.45) is 2.24. The Morgan fingerprint density at radius 1 is 1.35 bits per heavy atom. The van der Waals surface area contributed by atoms with Crippen LogP contribution in [0.5, 0.6) is 11.5 Å². The predicted octanol–water partition coefficient (Wildman–Crippen LogP) is 2.59. The zero-order chi connectivity index (χ0) is 12.3. The molecule has 3 atom stereocenters. The topological polar surface area (TPSA) is 44.5 Å². The van der Waals surface area contributed by atoms with Gasteiger partial charge in [0.05, 0.1) is 0 Å². The Morgan fingerprint density at radius 3 is 2.76 bits per heavy atom. The Labute approximate surface area is 103 Å². The summed E-state index contributed by atoms with van der Waals surface area (Å²) in [4.78, 5) is 0. The highest BCUT2D eigenvalue weighted by atomic mass is 16.6. The van der Waals surface area contributed by atoms with Gasteiger partial charge in [-0.15, -0.1) is 0 Å². The second-order valence-electron chi connectivity index (χ2n) is 4.76. The lowest BCUT2D eigenvalue weighted by Crippen LogP contribution is -2.48. The minimum Gasteiger partial charge on any atom is -0.486 e. The van der Waals surface area contributed by atoms with E-state index in [0.29, 0.717) is 12.5 Å². The smallest absolute Gasteiger partial charge is 0.161 e. The summed E-state index contributed by atoms with van der Waals surface area (Å²) in [6.45, 7) is 4.90. The molecule has 3 unspecified atom stereocenters. The first-order chi connectivity index (χ1) is 8.22. The summed E-state index contributed by atoms with van der Waals surface area (Å²) < 4.78 is 11.6. The first-order valence-electron chi connectivity index (χ1n) is 6.36. The van der Waals surface area contributed by atoms with Crippen LogP contribution in [0.15, 0.2) is 24.3 Å². The largest absolute Gasteiger partial charge is 0.486 e. The number of nitrogens with two attached hydrogens (primary N) is 1. The third kappa shape index (κ3) is 2.72. The van der Waals surface area contributed by atoms with E-state index < -0.39 is 0 Å². The zero-order valence-corrected chi connectivity index (χ0v) is 10.6. The van der Waals surface area contributed by atoms with Crippen molar-refractivity contribution >= 4 is 0 Å². The molecule has 0 aromatic heterocycles. The van der Waals surface area contributed by atoms with Gasteiger partial charge < -0.3 is 15.2 Å². The quantitative estimate of drug-likeness (QED) is 0.872. The van der Waals surface area contributed by atoms with Crippen LogP contribution in [0, 0.1) is 5.92 Å². The number of para-hydroxylation sites is 2. The van der Waals surface area contributed by atoms with E-state index in [1.165, 1.54) is 0 Å². The lowest BCUT2D eigenvalue weighted by molar-refractivity contribution is 0.0571. The van der Waals surface area contributed by atoms with Crippen LogP contribution in [-0.2, 0) is 0 Å². The second-order valence-corrected chi connectivity index (χ2v) is 4.76. The van der Waals surface area contributed by atoms with E-state index in [1.54, 1.807) is 0 Å². The molecule has 1 aliphatic rings. The normalized spacial score (nSPS) is 21.9. The number of benzene rings is 1. The summed E-state index contributed by atoms with van der Waals surface area (Å²) in [5, 5.41) is 0. The van der Waals surface area contributed by atoms with Gasteiger partial charge >= 0.3 is 0 Å². The van der Waals surface area contributed by atoms with Gasteiger partial charge in [-0.25, -0.2) is 0 Å². The summed E-state index contributed by atoms with van der Waals surface area (Å²) >= 11 is 0. The van der Waals surface area contributed by atoms with E-state index in [9.17, 15) is 0 Å². The Kier molecular flexibility index (Phi) is 3.89. The van der Waals surface area contributed by atoms with Crippen molar-refractivity contribution in [1.82, 2.24) is 0 Å².